The molecule has 1 amide bonds. The highest BCUT2D eigenvalue weighted by Gasteiger charge is 2.29. The first-order valence-electron chi connectivity index (χ1n) is 8.79. The maximum Gasteiger partial charge on any atom is 0.255 e. The SMILES string of the molecule is CCn1nc(CO)c2c1CCN(C(=O)c1csc3c1CCCC3)C2. The molecule has 0 atom stereocenters. The minimum Gasteiger partial charge on any atom is -0.390 e. The van der Waals surface area contributed by atoms with Crippen molar-refractivity contribution in [1.29, 1.82) is 0 Å². The molecule has 128 valence electrons. The van der Waals surface area contributed by atoms with Crippen LogP contribution in [-0.2, 0) is 39.0 Å². The quantitative estimate of drug-likeness (QED) is 0.930. The standard InChI is InChI=1S/C18H23N3O2S/c1-2-21-16-7-8-20(9-13(16)15(10-22)19-21)18(23)14-11-24-17-6-4-3-5-12(14)17/h11,22H,2-10H2,1H3. The van der Waals surface area contributed by atoms with Crippen LogP contribution in [0.4, 0.5) is 0 Å². The maximum atomic E-state index is 13.1. The van der Waals surface area contributed by atoms with Gasteiger partial charge < -0.3 is 10.0 Å². The van der Waals surface area contributed by atoms with Crippen molar-refractivity contribution in [2.75, 3.05) is 6.54 Å². The molecule has 0 unspecified atom stereocenters. The van der Waals surface area contributed by atoms with E-state index in [0.717, 1.165) is 49.2 Å². The first-order chi connectivity index (χ1) is 11.7. The lowest BCUT2D eigenvalue weighted by Crippen LogP contribution is -2.37. The van der Waals surface area contributed by atoms with Gasteiger partial charge in [-0.15, -0.1) is 11.3 Å². The van der Waals surface area contributed by atoms with E-state index in [1.165, 1.54) is 29.0 Å². The van der Waals surface area contributed by atoms with Crippen LogP contribution in [0.5, 0.6) is 0 Å². The van der Waals surface area contributed by atoms with Gasteiger partial charge in [0.1, 0.15) is 0 Å². The zero-order chi connectivity index (χ0) is 16.7. The zero-order valence-corrected chi connectivity index (χ0v) is 14.9. The zero-order valence-electron chi connectivity index (χ0n) is 14.0. The lowest BCUT2D eigenvalue weighted by molar-refractivity contribution is 0.0731. The highest BCUT2D eigenvalue weighted by Crippen LogP contribution is 2.32. The van der Waals surface area contributed by atoms with Crippen LogP contribution in [0.15, 0.2) is 5.38 Å². The number of carbonyl (C=O) groups is 1. The number of thiophene rings is 1. The first kappa shape index (κ1) is 15.8. The van der Waals surface area contributed by atoms with Crippen LogP contribution in [-0.4, -0.2) is 32.2 Å². The Morgan fingerprint density at radius 2 is 2.12 bits per heavy atom. The molecule has 5 nitrogen and oxygen atoms in total. The third-order valence-corrected chi connectivity index (χ3v) is 6.33. The Hall–Kier alpha value is -1.66. The second kappa shape index (κ2) is 6.33. The Balaban J connectivity index is 1.61. The molecule has 2 aliphatic rings. The summed E-state index contributed by atoms with van der Waals surface area (Å²) in [5.41, 5.74) is 5.14. The van der Waals surface area contributed by atoms with Crippen molar-refractivity contribution >= 4 is 17.2 Å². The fraction of sp³-hybridized carbons (Fsp3) is 0.556. The number of aliphatic hydroxyl groups excluding tert-OH is 1. The first-order valence-corrected chi connectivity index (χ1v) is 9.67. The molecular weight excluding hydrogens is 322 g/mol. The fourth-order valence-electron chi connectivity index (χ4n) is 3.97. The lowest BCUT2D eigenvalue weighted by atomic mass is 9.95. The van der Waals surface area contributed by atoms with Crippen molar-refractivity contribution in [3.63, 3.8) is 0 Å². The summed E-state index contributed by atoms with van der Waals surface area (Å²) >= 11 is 1.74. The summed E-state index contributed by atoms with van der Waals surface area (Å²) in [4.78, 5) is 16.4. The third-order valence-electron chi connectivity index (χ3n) is 5.25. The van der Waals surface area contributed by atoms with Gasteiger partial charge >= 0.3 is 0 Å². The van der Waals surface area contributed by atoms with E-state index in [-0.39, 0.29) is 12.5 Å². The van der Waals surface area contributed by atoms with Gasteiger partial charge in [-0.1, -0.05) is 0 Å². The van der Waals surface area contributed by atoms with Gasteiger partial charge in [0.15, 0.2) is 0 Å². The van der Waals surface area contributed by atoms with Crippen LogP contribution in [0.3, 0.4) is 0 Å². The molecular formula is C18H23N3O2S. The molecule has 4 rings (SSSR count). The largest absolute Gasteiger partial charge is 0.390 e. The number of aryl methyl sites for hydroxylation is 2. The fourth-order valence-corrected chi connectivity index (χ4v) is 5.09. The Morgan fingerprint density at radius 3 is 2.92 bits per heavy atom. The van der Waals surface area contributed by atoms with Gasteiger partial charge in [-0.2, -0.15) is 5.10 Å². The van der Waals surface area contributed by atoms with Crippen molar-refractivity contribution < 1.29 is 9.90 Å². The van der Waals surface area contributed by atoms with Gasteiger partial charge in [0, 0.05) is 47.6 Å². The van der Waals surface area contributed by atoms with Gasteiger partial charge in [0.05, 0.1) is 17.9 Å². The van der Waals surface area contributed by atoms with Gasteiger partial charge in [-0.25, -0.2) is 0 Å². The predicted molar refractivity (Wildman–Crippen MR) is 93.2 cm³/mol. The topological polar surface area (TPSA) is 58.4 Å². The summed E-state index contributed by atoms with van der Waals surface area (Å²) in [6, 6.07) is 0. The lowest BCUT2D eigenvalue weighted by Gasteiger charge is -2.28. The minimum absolute atomic E-state index is 0.0643. The molecule has 1 aliphatic heterocycles. The molecule has 0 fully saturated rings. The molecule has 24 heavy (non-hydrogen) atoms. The van der Waals surface area contributed by atoms with Crippen LogP contribution < -0.4 is 0 Å². The Kier molecular flexibility index (Phi) is 4.18. The van der Waals surface area contributed by atoms with Crippen molar-refractivity contribution in [1.82, 2.24) is 14.7 Å². The van der Waals surface area contributed by atoms with E-state index < -0.39 is 0 Å². The summed E-state index contributed by atoms with van der Waals surface area (Å²) in [6.45, 7) is 4.09. The number of hydrogen-bond acceptors (Lipinski definition) is 4. The van der Waals surface area contributed by atoms with Crippen LogP contribution in [0.2, 0.25) is 0 Å². The average Bonchev–Trinajstić information content (AvgIpc) is 3.21. The molecule has 2 aromatic rings. The number of aromatic nitrogens is 2. The smallest absolute Gasteiger partial charge is 0.255 e. The number of amides is 1. The molecule has 1 N–H and O–H groups in total. The number of fused-ring (bicyclic) bond motifs is 2. The third kappa shape index (κ3) is 2.48. The number of hydrogen-bond donors (Lipinski definition) is 1. The van der Waals surface area contributed by atoms with Gasteiger partial charge in [0.2, 0.25) is 0 Å². The molecule has 0 saturated heterocycles. The Morgan fingerprint density at radius 1 is 1.29 bits per heavy atom. The molecule has 6 heteroatoms. The molecule has 3 heterocycles. The normalized spacial score (nSPS) is 16.8. The number of nitrogens with zero attached hydrogens (tertiary/aromatic N) is 3. The summed E-state index contributed by atoms with van der Waals surface area (Å²) in [7, 11) is 0. The molecule has 2 aromatic heterocycles. The second-order valence-corrected chi connectivity index (χ2v) is 7.54. The van der Waals surface area contributed by atoms with Gasteiger partial charge in [-0.3, -0.25) is 9.48 Å². The Bertz CT molecular complexity index is 778. The van der Waals surface area contributed by atoms with E-state index in [4.69, 9.17) is 0 Å². The molecule has 0 spiro atoms. The predicted octanol–water partition coefficient (Wildman–Crippen LogP) is 2.53. The monoisotopic (exact) mass is 345 g/mol. The van der Waals surface area contributed by atoms with E-state index in [1.54, 1.807) is 11.3 Å². The van der Waals surface area contributed by atoms with E-state index in [0.29, 0.717) is 6.54 Å². The molecule has 0 bridgehead atoms. The molecule has 0 saturated carbocycles. The van der Waals surface area contributed by atoms with Crippen LogP contribution in [0.25, 0.3) is 0 Å². The van der Waals surface area contributed by atoms with E-state index >= 15 is 0 Å². The highest BCUT2D eigenvalue weighted by atomic mass is 32.1. The Labute approximate surface area is 145 Å². The van der Waals surface area contributed by atoms with Crippen molar-refractivity contribution in [3.05, 3.63) is 38.3 Å². The van der Waals surface area contributed by atoms with Crippen molar-refractivity contribution in [3.8, 4) is 0 Å². The summed E-state index contributed by atoms with van der Waals surface area (Å²) in [6.07, 6.45) is 5.40. The molecule has 0 aromatic carbocycles. The average molecular weight is 345 g/mol. The van der Waals surface area contributed by atoms with E-state index in [2.05, 4.69) is 17.4 Å². The number of rotatable bonds is 3. The summed E-state index contributed by atoms with van der Waals surface area (Å²) < 4.78 is 1.97. The molecule has 1 aliphatic carbocycles. The summed E-state index contributed by atoms with van der Waals surface area (Å²) in [5.74, 6) is 0.146. The highest BCUT2D eigenvalue weighted by molar-refractivity contribution is 7.10. The summed E-state index contributed by atoms with van der Waals surface area (Å²) in [5, 5.41) is 16.1. The second-order valence-electron chi connectivity index (χ2n) is 6.58. The van der Waals surface area contributed by atoms with Gasteiger partial charge in [0.25, 0.3) is 5.91 Å². The van der Waals surface area contributed by atoms with Crippen molar-refractivity contribution in [2.45, 2.75) is 58.7 Å². The molecule has 0 radical (unpaired) electrons. The van der Waals surface area contributed by atoms with Crippen LogP contribution in [0, 0.1) is 0 Å². The maximum absolute atomic E-state index is 13.1. The van der Waals surface area contributed by atoms with Crippen LogP contribution >= 0.6 is 11.3 Å². The van der Waals surface area contributed by atoms with E-state index in [9.17, 15) is 9.90 Å². The number of carbonyl (C=O) groups excluding carboxylic acids is 1. The van der Waals surface area contributed by atoms with Crippen LogP contribution in [0.1, 0.15) is 57.5 Å². The van der Waals surface area contributed by atoms with Crippen molar-refractivity contribution in [2.24, 2.45) is 0 Å². The van der Waals surface area contributed by atoms with Gasteiger partial charge in [-0.05, 0) is 38.2 Å². The van der Waals surface area contributed by atoms with E-state index in [1.807, 2.05) is 9.58 Å². The minimum atomic E-state index is -0.0643. The number of aliphatic hydroxyl groups is 1.